The van der Waals surface area contributed by atoms with Crippen molar-refractivity contribution in [3.63, 3.8) is 0 Å². The Hall–Kier alpha value is -1.30. The molecule has 2 aromatic rings. The van der Waals surface area contributed by atoms with E-state index in [-0.39, 0.29) is 0 Å². The fourth-order valence-corrected chi connectivity index (χ4v) is 2.33. The molecule has 78 valence electrons. The fraction of sp³-hybridized carbons (Fsp3) is 0.333. The van der Waals surface area contributed by atoms with Crippen LogP contribution >= 0.6 is 0 Å². The molecule has 15 heavy (non-hydrogen) atoms. The van der Waals surface area contributed by atoms with Gasteiger partial charge in [-0.1, -0.05) is 44.2 Å². The molecule has 0 radical (unpaired) electrons. The smallest absolute Gasteiger partial charge is 0.0149 e. The Morgan fingerprint density at radius 3 is 2.13 bits per heavy atom. The van der Waals surface area contributed by atoms with Gasteiger partial charge in [0.2, 0.25) is 0 Å². The third kappa shape index (κ3) is 1.65. The van der Waals surface area contributed by atoms with Gasteiger partial charge in [-0.3, -0.25) is 0 Å². The molecule has 0 amide bonds. The van der Waals surface area contributed by atoms with E-state index in [0.29, 0.717) is 5.92 Å². The summed E-state index contributed by atoms with van der Waals surface area (Å²) in [6.45, 7) is 8.96. The van der Waals surface area contributed by atoms with Crippen molar-refractivity contribution in [1.82, 2.24) is 0 Å². The predicted octanol–water partition coefficient (Wildman–Crippen LogP) is 4.58. The first-order valence-electron chi connectivity index (χ1n) is 5.60. The van der Waals surface area contributed by atoms with Gasteiger partial charge in [0.15, 0.2) is 0 Å². The van der Waals surface area contributed by atoms with Crippen LogP contribution in [0.2, 0.25) is 0 Å². The predicted molar refractivity (Wildman–Crippen MR) is 67.5 cm³/mol. The monoisotopic (exact) mass is 198 g/mol. The number of fused-ring (bicyclic) bond motifs is 1. The first-order chi connectivity index (χ1) is 7.11. The molecule has 0 aliphatic carbocycles. The summed E-state index contributed by atoms with van der Waals surface area (Å²) in [6, 6.07) is 11.0. The number of hydrogen-bond donors (Lipinski definition) is 0. The number of benzene rings is 2. The lowest BCUT2D eigenvalue weighted by Gasteiger charge is -2.14. The summed E-state index contributed by atoms with van der Waals surface area (Å²) in [7, 11) is 0. The van der Waals surface area contributed by atoms with E-state index in [0.717, 1.165) is 0 Å². The Kier molecular flexibility index (Phi) is 2.52. The van der Waals surface area contributed by atoms with Crippen molar-refractivity contribution in [2.45, 2.75) is 33.6 Å². The Morgan fingerprint density at radius 2 is 1.53 bits per heavy atom. The highest BCUT2D eigenvalue weighted by atomic mass is 14.1. The van der Waals surface area contributed by atoms with Crippen molar-refractivity contribution in [2.75, 3.05) is 0 Å². The van der Waals surface area contributed by atoms with E-state index >= 15 is 0 Å². The number of aryl methyl sites for hydroxylation is 2. The summed E-state index contributed by atoms with van der Waals surface area (Å²) in [4.78, 5) is 0. The SMILES string of the molecule is Cc1cc(C(C)C)c(C)c2ccccc12. The third-order valence-corrected chi connectivity index (χ3v) is 3.18. The molecule has 0 bridgehead atoms. The van der Waals surface area contributed by atoms with Crippen LogP contribution in [0.4, 0.5) is 0 Å². The van der Waals surface area contributed by atoms with Crippen LogP contribution in [0.5, 0.6) is 0 Å². The van der Waals surface area contributed by atoms with Crippen molar-refractivity contribution >= 4 is 10.8 Å². The molecular weight excluding hydrogens is 180 g/mol. The van der Waals surface area contributed by atoms with Crippen molar-refractivity contribution in [1.29, 1.82) is 0 Å². The zero-order valence-electron chi connectivity index (χ0n) is 9.96. The highest BCUT2D eigenvalue weighted by Gasteiger charge is 2.08. The molecule has 0 saturated heterocycles. The van der Waals surface area contributed by atoms with Crippen molar-refractivity contribution < 1.29 is 0 Å². The van der Waals surface area contributed by atoms with Crippen LogP contribution in [0.15, 0.2) is 30.3 Å². The van der Waals surface area contributed by atoms with E-state index in [1.54, 1.807) is 0 Å². The maximum Gasteiger partial charge on any atom is -0.0149 e. The lowest BCUT2D eigenvalue weighted by atomic mass is 9.90. The van der Waals surface area contributed by atoms with Gasteiger partial charge in [0.1, 0.15) is 0 Å². The van der Waals surface area contributed by atoms with Gasteiger partial charge in [-0.05, 0) is 47.2 Å². The second kappa shape index (κ2) is 3.69. The minimum atomic E-state index is 0.605. The molecular formula is C15H18. The lowest BCUT2D eigenvalue weighted by Crippen LogP contribution is -1.95. The topological polar surface area (TPSA) is 0 Å². The zero-order chi connectivity index (χ0) is 11.0. The van der Waals surface area contributed by atoms with E-state index in [4.69, 9.17) is 0 Å². The van der Waals surface area contributed by atoms with Gasteiger partial charge in [-0.15, -0.1) is 0 Å². The molecule has 0 fully saturated rings. The lowest BCUT2D eigenvalue weighted by molar-refractivity contribution is 0.858. The molecule has 0 atom stereocenters. The number of rotatable bonds is 1. The van der Waals surface area contributed by atoms with Crippen LogP contribution in [-0.2, 0) is 0 Å². The molecule has 0 aromatic heterocycles. The van der Waals surface area contributed by atoms with Gasteiger partial charge in [0, 0.05) is 0 Å². The quantitative estimate of drug-likeness (QED) is 0.629. The molecule has 0 heterocycles. The molecule has 0 N–H and O–H groups in total. The first kappa shape index (κ1) is 10.2. The van der Waals surface area contributed by atoms with Crippen molar-refractivity contribution in [2.24, 2.45) is 0 Å². The standard InChI is InChI=1S/C15H18/c1-10(2)15-9-11(3)13-7-5-6-8-14(13)12(15)4/h5-10H,1-4H3. The van der Waals surface area contributed by atoms with Crippen LogP contribution < -0.4 is 0 Å². The molecule has 0 aliphatic rings. The zero-order valence-corrected chi connectivity index (χ0v) is 9.96. The average molecular weight is 198 g/mol. The fourth-order valence-electron chi connectivity index (χ4n) is 2.33. The maximum absolute atomic E-state index is 2.34. The van der Waals surface area contributed by atoms with Crippen LogP contribution in [0.1, 0.15) is 36.5 Å². The summed E-state index contributed by atoms with van der Waals surface area (Å²) in [5, 5.41) is 2.79. The van der Waals surface area contributed by atoms with E-state index in [2.05, 4.69) is 58.0 Å². The normalized spacial score (nSPS) is 11.3. The second-order valence-electron chi connectivity index (χ2n) is 4.61. The van der Waals surface area contributed by atoms with E-state index in [1.807, 2.05) is 0 Å². The molecule has 2 rings (SSSR count). The Bertz CT molecular complexity index is 493. The molecule has 0 nitrogen and oxygen atoms in total. The minimum Gasteiger partial charge on any atom is -0.0616 e. The summed E-state index contributed by atoms with van der Waals surface area (Å²) >= 11 is 0. The van der Waals surface area contributed by atoms with Gasteiger partial charge in [-0.25, -0.2) is 0 Å². The molecule has 0 saturated carbocycles. The van der Waals surface area contributed by atoms with Crippen LogP contribution in [0.3, 0.4) is 0 Å². The molecule has 0 spiro atoms. The summed E-state index contributed by atoms with van der Waals surface area (Å²) < 4.78 is 0. The highest BCUT2D eigenvalue weighted by Crippen LogP contribution is 2.29. The molecule has 0 aliphatic heterocycles. The van der Waals surface area contributed by atoms with Crippen LogP contribution in [-0.4, -0.2) is 0 Å². The van der Waals surface area contributed by atoms with Crippen molar-refractivity contribution in [3.8, 4) is 0 Å². The van der Waals surface area contributed by atoms with Gasteiger partial charge in [0.25, 0.3) is 0 Å². The maximum atomic E-state index is 2.34. The van der Waals surface area contributed by atoms with Gasteiger partial charge >= 0.3 is 0 Å². The van der Waals surface area contributed by atoms with Gasteiger partial charge in [-0.2, -0.15) is 0 Å². The second-order valence-corrected chi connectivity index (χ2v) is 4.61. The van der Waals surface area contributed by atoms with E-state index < -0.39 is 0 Å². The van der Waals surface area contributed by atoms with Gasteiger partial charge < -0.3 is 0 Å². The largest absolute Gasteiger partial charge is 0.0616 e. The Morgan fingerprint density at radius 1 is 0.933 bits per heavy atom. The summed E-state index contributed by atoms with van der Waals surface area (Å²) in [5.74, 6) is 0.605. The summed E-state index contributed by atoms with van der Waals surface area (Å²) in [6.07, 6.45) is 0. The first-order valence-corrected chi connectivity index (χ1v) is 5.60. The Labute approximate surface area is 91.9 Å². The molecule has 0 unspecified atom stereocenters. The van der Waals surface area contributed by atoms with Crippen LogP contribution in [0.25, 0.3) is 10.8 Å². The number of hydrogen-bond acceptors (Lipinski definition) is 0. The molecule has 2 aromatic carbocycles. The Balaban J connectivity index is 2.84. The third-order valence-electron chi connectivity index (χ3n) is 3.18. The highest BCUT2D eigenvalue weighted by molar-refractivity contribution is 5.89. The van der Waals surface area contributed by atoms with Gasteiger partial charge in [0.05, 0.1) is 0 Å². The summed E-state index contributed by atoms with van der Waals surface area (Å²) in [5.41, 5.74) is 4.30. The average Bonchev–Trinajstić information content (AvgIpc) is 2.23. The minimum absolute atomic E-state index is 0.605. The van der Waals surface area contributed by atoms with E-state index in [9.17, 15) is 0 Å². The van der Waals surface area contributed by atoms with Crippen LogP contribution in [0, 0.1) is 13.8 Å². The van der Waals surface area contributed by atoms with Crippen molar-refractivity contribution in [3.05, 3.63) is 47.0 Å². The molecule has 0 heteroatoms. The van der Waals surface area contributed by atoms with E-state index in [1.165, 1.54) is 27.5 Å².